The highest BCUT2D eigenvalue weighted by Gasteiger charge is 2.25. The van der Waals surface area contributed by atoms with E-state index in [1.165, 1.54) is 19.1 Å². The van der Waals surface area contributed by atoms with Crippen LogP contribution in [-0.4, -0.2) is 46.0 Å². The summed E-state index contributed by atoms with van der Waals surface area (Å²) in [7, 11) is -2.04. The molecule has 1 atom stereocenters. The number of hydrogen-bond donors (Lipinski definition) is 2. The molecule has 1 fully saturated rings. The summed E-state index contributed by atoms with van der Waals surface area (Å²) in [5.74, 6) is 0.570. The lowest BCUT2D eigenvalue weighted by Crippen LogP contribution is -2.36. The van der Waals surface area contributed by atoms with Gasteiger partial charge in [0.2, 0.25) is 15.9 Å². The minimum absolute atomic E-state index is 0.0446. The topological polar surface area (TPSA) is 87.7 Å². The van der Waals surface area contributed by atoms with Crippen molar-refractivity contribution in [1.29, 1.82) is 0 Å². The van der Waals surface area contributed by atoms with Gasteiger partial charge in [-0.05, 0) is 67.9 Å². The maximum atomic E-state index is 12.8. The fraction of sp³-hybridized carbons (Fsp3) is 0.381. The zero-order valence-electron chi connectivity index (χ0n) is 16.7. The van der Waals surface area contributed by atoms with Crippen LogP contribution < -0.4 is 14.8 Å². The molecule has 0 aromatic heterocycles. The van der Waals surface area contributed by atoms with E-state index in [0.717, 1.165) is 37.2 Å². The van der Waals surface area contributed by atoms with Crippen molar-refractivity contribution >= 4 is 21.6 Å². The van der Waals surface area contributed by atoms with Crippen molar-refractivity contribution in [2.45, 2.75) is 30.7 Å². The number of sulfonamides is 1. The van der Waals surface area contributed by atoms with Crippen LogP contribution in [0, 0.1) is 0 Å². The predicted octanol–water partition coefficient (Wildman–Crippen LogP) is 2.77. The second-order valence-corrected chi connectivity index (χ2v) is 8.86. The lowest BCUT2D eigenvalue weighted by atomic mass is 10.1. The van der Waals surface area contributed by atoms with Crippen LogP contribution in [0.25, 0.3) is 0 Å². The molecule has 2 aromatic carbocycles. The van der Waals surface area contributed by atoms with Gasteiger partial charge in [0, 0.05) is 25.2 Å². The third kappa shape index (κ3) is 5.56. The van der Waals surface area contributed by atoms with E-state index in [2.05, 4.69) is 14.9 Å². The van der Waals surface area contributed by atoms with Crippen molar-refractivity contribution in [3.8, 4) is 5.75 Å². The first kappa shape index (κ1) is 21.3. The Bertz CT molecular complexity index is 921. The van der Waals surface area contributed by atoms with Crippen LogP contribution in [0.1, 0.15) is 31.4 Å². The van der Waals surface area contributed by atoms with Crippen LogP contribution in [0.5, 0.6) is 5.75 Å². The monoisotopic (exact) mass is 417 g/mol. The van der Waals surface area contributed by atoms with Crippen molar-refractivity contribution in [2.75, 3.05) is 32.1 Å². The number of hydrogen-bond acceptors (Lipinski definition) is 5. The number of nitrogens with one attached hydrogen (secondary N) is 2. The Labute approximate surface area is 172 Å². The molecule has 7 nitrogen and oxygen atoms in total. The Hall–Kier alpha value is -2.42. The molecular weight excluding hydrogens is 390 g/mol. The Morgan fingerprint density at radius 3 is 2.24 bits per heavy atom. The number of rotatable bonds is 8. The van der Waals surface area contributed by atoms with E-state index in [4.69, 9.17) is 4.74 Å². The molecule has 0 spiro atoms. The number of nitrogens with zero attached hydrogens (tertiary/aromatic N) is 1. The molecule has 1 amide bonds. The quantitative estimate of drug-likeness (QED) is 0.690. The lowest BCUT2D eigenvalue weighted by Gasteiger charge is -2.28. The molecule has 0 aliphatic carbocycles. The maximum absolute atomic E-state index is 12.8. The molecule has 0 bridgehead atoms. The number of methoxy groups -OCH3 is 1. The second kappa shape index (κ2) is 9.39. The van der Waals surface area contributed by atoms with Crippen molar-refractivity contribution in [2.24, 2.45) is 0 Å². The van der Waals surface area contributed by atoms with Crippen molar-refractivity contribution in [1.82, 2.24) is 9.62 Å². The number of likely N-dealkylation sites (tertiary alicyclic amines) is 1. The molecule has 29 heavy (non-hydrogen) atoms. The predicted molar refractivity (Wildman–Crippen MR) is 112 cm³/mol. The molecule has 0 radical (unpaired) electrons. The highest BCUT2D eigenvalue weighted by atomic mass is 32.2. The van der Waals surface area contributed by atoms with Gasteiger partial charge >= 0.3 is 0 Å². The van der Waals surface area contributed by atoms with Crippen LogP contribution in [0.15, 0.2) is 53.4 Å². The smallest absolute Gasteiger partial charge is 0.240 e. The second-order valence-electron chi connectivity index (χ2n) is 7.09. The van der Waals surface area contributed by atoms with Gasteiger partial charge in [0.25, 0.3) is 0 Å². The number of amides is 1. The van der Waals surface area contributed by atoms with Gasteiger partial charge in [-0.3, -0.25) is 9.69 Å². The van der Waals surface area contributed by atoms with Crippen LogP contribution in [0.2, 0.25) is 0 Å². The first-order valence-electron chi connectivity index (χ1n) is 9.64. The number of carbonyl (C=O) groups is 1. The summed E-state index contributed by atoms with van der Waals surface area (Å²) in [6, 6.07) is 13.9. The Balaban J connectivity index is 1.74. The third-order valence-electron chi connectivity index (χ3n) is 5.03. The fourth-order valence-corrected chi connectivity index (χ4v) is 4.57. The summed E-state index contributed by atoms with van der Waals surface area (Å²) in [4.78, 5) is 13.6. The normalized spacial score (nSPS) is 15.8. The molecule has 1 heterocycles. The van der Waals surface area contributed by atoms with Gasteiger partial charge in [-0.2, -0.15) is 0 Å². The van der Waals surface area contributed by atoms with Crippen LogP contribution in [-0.2, 0) is 14.8 Å². The van der Waals surface area contributed by atoms with E-state index in [9.17, 15) is 13.2 Å². The minimum Gasteiger partial charge on any atom is -0.497 e. The molecule has 0 saturated carbocycles. The van der Waals surface area contributed by atoms with Gasteiger partial charge in [0.1, 0.15) is 5.75 Å². The standard InChI is InChI=1S/C21H27N3O4S/c1-16(25)23-18-7-11-20(12-8-18)29(26,27)22-15-21(24-13-3-4-14-24)17-5-9-19(28-2)10-6-17/h5-12,21-22H,3-4,13-15H2,1-2H3,(H,23,25)/t21-/m1/s1. The molecule has 156 valence electrons. The number of benzene rings is 2. The van der Waals surface area contributed by atoms with Crippen molar-refractivity contribution < 1.29 is 17.9 Å². The maximum Gasteiger partial charge on any atom is 0.240 e. The lowest BCUT2D eigenvalue weighted by molar-refractivity contribution is -0.114. The van der Waals surface area contributed by atoms with Gasteiger partial charge in [-0.1, -0.05) is 12.1 Å². The molecule has 8 heteroatoms. The van der Waals surface area contributed by atoms with Gasteiger partial charge in [0.05, 0.1) is 12.0 Å². The van der Waals surface area contributed by atoms with Crippen molar-refractivity contribution in [3.63, 3.8) is 0 Å². The zero-order chi connectivity index (χ0) is 20.9. The first-order valence-corrected chi connectivity index (χ1v) is 11.1. The molecular formula is C21H27N3O4S. The Morgan fingerprint density at radius 2 is 1.69 bits per heavy atom. The Morgan fingerprint density at radius 1 is 1.07 bits per heavy atom. The number of ether oxygens (including phenoxy) is 1. The third-order valence-corrected chi connectivity index (χ3v) is 6.47. The van der Waals surface area contributed by atoms with Crippen LogP contribution >= 0.6 is 0 Å². The zero-order valence-corrected chi connectivity index (χ0v) is 17.5. The average molecular weight is 418 g/mol. The summed E-state index contributed by atoms with van der Waals surface area (Å²) < 4.78 is 33.5. The highest BCUT2D eigenvalue weighted by Crippen LogP contribution is 2.27. The summed E-state index contributed by atoms with van der Waals surface area (Å²) in [6.07, 6.45) is 2.23. The van der Waals surface area contributed by atoms with Gasteiger partial charge in [0.15, 0.2) is 0 Å². The van der Waals surface area contributed by atoms with Gasteiger partial charge in [-0.15, -0.1) is 0 Å². The van der Waals surface area contributed by atoms with E-state index < -0.39 is 10.0 Å². The SMILES string of the molecule is COc1ccc([C@@H](CNS(=O)(=O)c2ccc(NC(C)=O)cc2)N2CCCC2)cc1. The highest BCUT2D eigenvalue weighted by molar-refractivity contribution is 7.89. The summed E-state index contributed by atoms with van der Waals surface area (Å²) in [5.41, 5.74) is 1.61. The molecule has 2 N–H and O–H groups in total. The van der Waals surface area contributed by atoms with E-state index in [0.29, 0.717) is 5.69 Å². The summed E-state index contributed by atoms with van der Waals surface area (Å²) in [6.45, 7) is 3.58. The van der Waals surface area contributed by atoms with E-state index >= 15 is 0 Å². The van der Waals surface area contributed by atoms with E-state index in [-0.39, 0.29) is 23.4 Å². The fourth-order valence-electron chi connectivity index (χ4n) is 3.53. The summed E-state index contributed by atoms with van der Waals surface area (Å²) in [5, 5.41) is 2.63. The van der Waals surface area contributed by atoms with Crippen molar-refractivity contribution in [3.05, 3.63) is 54.1 Å². The Kier molecular flexibility index (Phi) is 6.89. The molecule has 0 unspecified atom stereocenters. The molecule has 3 rings (SSSR count). The first-order chi connectivity index (χ1) is 13.9. The largest absolute Gasteiger partial charge is 0.497 e. The molecule has 1 saturated heterocycles. The van der Waals surface area contributed by atoms with Gasteiger partial charge in [-0.25, -0.2) is 13.1 Å². The number of anilines is 1. The van der Waals surface area contributed by atoms with Crippen LogP contribution in [0.3, 0.4) is 0 Å². The summed E-state index contributed by atoms with van der Waals surface area (Å²) >= 11 is 0. The minimum atomic E-state index is -3.67. The van der Waals surface area contributed by atoms with Crippen LogP contribution in [0.4, 0.5) is 5.69 Å². The number of carbonyl (C=O) groups excluding carboxylic acids is 1. The van der Waals surface area contributed by atoms with E-state index in [1.54, 1.807) is 19.2 Å². The molecule has 1 aliphatic heterocycles. The molecule has 2 aromatic rings. The van der Waals surface area contributed by atoms with E-state index in [1.807, 2.05) is 24.3 Å². The average Bonchev–Trinajstić information content (AvgIpc) is 3.23. The van der Waals surface area contributed by atoms with Gasteiger partial charge < -0.3 is 10.1 Å². The molecule has 1 aliphatic rings.